The Balaban J connectivity index is 1.97. The van der Waals surface area contributed by atoms with Crippen molar-refractivity contribution in [2.75, 3.05) is 7.11 Å². The lowest BCUT2D eigenvalue weighted by Gasteiger charge is -2.19. The molecule has 2 aromatic rings. The van der Waals surface area contributed by atoms with E-state index in [9.17, 15) is 9.59 Å². The number of carbonyl (C=O) groups excluding carboxylic acids is 2. The fourth-order valence-electron chi connectivity index (χ4n) is 2.60. The molecule has 1 aliphatic rings. The summed E-state index contributed by atoms with van der Waals surface area (Å²) in [6.45, 7) is 1.71. The number of nitrogens with zero attached hydrogens (tertiary/aromatic N) is 1. The van der Waals surface area contributed by atoms with Gasteiger partial charge in [-0.25, -0.2) is 4.98 Å². The van der Waals surface area contributed by atoms with Crippen LogP contribution in [0.2, 0.25) is 0 Å². The van der Waals surface area contributed by atoms with Crippen LogP contribution in [-0.2, 0) is 6.42 Å². The summed E-state index contributed by atoms with van der Waals surface area (Å²) in [6, 6.07) is 10.5. The minimum atomic E-state index is -0.0801. The number of hydrogen-bond acceptors (Lipinski definition) is 4. The highest BCUT2D eigenvalue weighted by Gasteiger charge is 2.29. The largest absolute Gasteiger partial charge is 0.481 e. The fourth-order valence-corrected chi connectivity index (χ4v) is 2.60. The Morgan fingerprint density at radius 2 is 1.68 bits per heavy atom. The van der Waals surface area contributed by atoms with Crippen molar-refractivity contribution in [1.82, 2.24) is 4.98 Å². The zero-order chi connectivity index (χ0) is 15.7. The van der Waals surface area contributed by atoms with E-state index >= 15 is 0 Å². The molecule has 0 unspecified atom stereocenters. The number of ether oxygens (including phenoxy) is 1. The molecule has 110 valence electrons. The number of aromatic nitrogens is 1. The van der Waals surface area contributed by atoms with Gasteiger partial charge in [-0.3, -0.25) is 9.59 Å². The van der Waals surface area contributed by atoms with E-state index in [4.69, 9.17) is 4.74 Å². The van der Waals surface area contributed by atoms with Crippen LogP contribution < -0.4 is 4.74 Å². The molecule has 0 saturated carbocycles. The monoisotopic (exact) mass is 293 g/mol. The van der Waals surface area contributed by atoms with Crippen LogP contribution in [0.3, 0.4) is 0 Å². The lowest BCUT2D eigenvalue weighted by molar-refractivity contribution is 0.0973. The van der Waals surface area contributed by atoms with Crippen LogP contribution in [0.15, 0.2) is 53.7 Å². The van der Waals surface area contributed by atoms with E-state index in [1.54, 1.807) is 50.6 Å². The van der Waals surface area contributed by atoms with Crippen LogP contribution in [0.25, 0.3) is 0 Å². The molecule has 0 aliphatic heterocycles. The predicted octanol–water partition coefficient (Wildman–Crippen LogP) is 3.03. The molecule has 0 fully saturated rings. The standard InChI is InChI=1S/C18H15NO3/c1-11-15(9-12-7-8-16(22-2)19-10-12)18(21)14-6-4-3-5-13(14)17(11)20/h3-8,10H,9H2,1-2H3. The molecule has 22 heavy (non-hydrogen) atoms. The first-order valence-electron chi connectivity index (χ1n) is 6.99. The predicted molar refractivity (Wildman–Crippen MR) is 82.3 cm³/mol. The lowest BCUT2D eigenvalue weighted by atomic mass is 9.82. The van der Waals surface area contributed by atoms with Gasteiger partial charge in [0, 0.05) is 41.0 Å². The van der Waals surface area contributed by atoms with E-state index in [1.807, 2.05) is 6.07 Å². The number of fused-ring (bicyclic) bond motifs is 1. The number of rotatable bonds is 3. The van der Waals surface area contributed by atoms with E-state index < -0.39 is 0 Å². The zero-order valence-electron chi connectivity index (χ0n) is 12.4. The average molecular weight is 293 g/mol. The molecule has 4 nitrogen and oxygen atoms in total. The summed E-state index contributed by atoms with van der Waals surface area (Å²) < 4.78 is 5.02. The number of allylic oxidation sites excluding steroid dienone is 2. The maximum absolute atomic E-state index is 12.6. The van der Waals surface area contributed by atoms with E-state index in [2.05, 4.69) is 4.98 Å². The number of pyridine rings is 1. The maximum atomic E-state index is 12.6. The van der Waals surface area contributed by atoms with Crippen molar-refractivity contribution >= 4 is 11.6 Å². The Labute approximate surface area is 128 Å². The molecule has 0 saturated heterocycles. The number of Topliss-reactive ketones (excluding diaryl/α,β-unsaturated/α-hetero) is 2. The first-order valence-corrected chi connectivity index (χ1v) is 6.99. The van der Waals surface area contributed by atoms with Gasteiger partial charge in [0.25, 0.3) is 0 Å². The number of ketones is 2. The van der Waals surface area contributed by atoms with Gasteiger partial charge in [-0.15, -0.1) is 0 Å². The van der Waals surface area contributed by atoms with Gasteiger partial charge in [0.15, 0.2) is 11.6 Å². The van der Waals surface area contributed by atoms with Crippen molar-refractivity contribution < 1.29 is 14.3 Å². The molecule has 0 amide bonds. The average Bonchev–Trinajstić information content (AvgIpc) is 2.57. The second-order valence-corrected chi connectivity index (χ2v) is 5.19. The van der Waals surface area contributed by atoms with Crippen molar-refractivity contribution in [2.45, 2.75) is 13.3 Å². The van der Waals surface area contributed by atoms with E-state index in [0.717, 1.165) is 5.56 Å². The van der Waals surface area contributed by atoms with Crippen molar-refractivity contribution in [3.8, 4) is 5.88 Å². The summed E-state index contributed by atoms with van der Waals surface area (Å²) in [5.74, 6) is 0.362. The van der Waals surface area contributed by atoms with Crippen LogP contribution in [0, 0.1) is 0 Å². The summed E-state index contributed by atoms with van der Waals surface area (Å²) in [4.78, 5) is 29.2. The number of benzene rings is 1. The van der Waals surface area contributed by atoms with Crippen LogP contribution in [-0.4, -0.2) is 23.7 Å². The smallest absolute Gasteiger partial charge is 0.212 e. The number of hydrogen-bond donors (Lipinski definition) is 0. The van der Waals surface area contributed by atoms with E-state index in [1.165, 1.54) is 0 Å². The Hall–Kier alpha value is -2.75. The molecule has 1 aliphatic carbocycles. The second-order valence-electron chi connectivity index (χ2n) is 5.19. The summed E-state index contributed by atoms with van der Waals surface area (Å²) in [7, 11) is 1.55. The number of carbonyl (C=O) groups is 2. The molecule has 0 N–H and O–H groups in total. The third kappa shape index (κ3) is 2.33. The Kier molecular flexibility index (Phi) is 3.59. The van der Waals surface area contributed by atoms with Gasteiger partial charge in [0.1, 0.15) is 0 Å². The molecule has 0 bridgehead atoms. The molecule has 3 rings (SSSR count). The first kappa shape index (κ1) is 14.2. The topological polar surface area (TPSA) is 56.3 Å². The Morgan fingerprint density at radius 1 is 1.00 bits per heavy atom. The van der Waals surface area contributed by atoms with E-state index in [-0.39, 0.29) is 11.6 Å². The van der Waals surface area contributed by atoms with Crippen molar-refractivity contribution in [2.24, 2.45) is 0 Å². The molecular weight excluding hydrogens is 278 g/mol. The third-order valence-electron chi connectivity index (χ3n) is 3.87. The van der Waals surface area contributed by atoms with Gasteiger partial charge >= 0.3 is 0 Å². The lowest BCUT2D eigenvalue weighted by Crippen LogP contribution is -2.22. The minimum absolute atomic E-state index is 0.0772. The van der Waals surface area contributed by atoms with Gasteiger partial charge in [0.05, 0.1) is 7.11 Å². The maximum Gasteiger partial charge on any atom is 0.212 e. The van der Waals surface area contributed by atoms with Gasteiger partial charge in [-0.1, -0.05) is 30.3 Å². The highest BCUT2D eigenvalue weighted by Crippen LogP contribution is 2.28. The SMILES string of the molecule is COc1ccc(CC2=C(C)C(=O)c3ccccc3C2=O)cn1. The second kappa shape index (κ2) is 5.56. The Morgan fingerprint density at radius 3 is 2.27 bits per heavy atom. The Bertz CT molecular complexity index is 788. The molecule has 4 heteroatoms. The normalized spacial score (nSPS) is 14.1. The quantitative estimate of drug-likeness (QED) is 0.873. The number of methoxy groups -OCH3 is 1. The van der Waals surface area contributed by atoms with Crippen LogP contribution in [0.1, 0.15) is 33.2 Å². The molecule has 1 heterocycles. The van der Waals surface area contributed by atoms with Gasteiger partial charge in [-0.05, 0) is 12.5 Å². The summed E-state index contributed by atoms with van der Waals surface area (Å²) in [5, 5.41) is 0. The fraction of sp³-hybridized carbons (Fsp3) is 0.167. The first-order chi connectivity index (χ1) is 10.6. The third-order valence-corrected chi connectivity index (χ3v) is 3.87. The zero-order valence-corrected chi connectivity index (χ0v) is 12.4. The van der Waals surface area contributed by atoms with Gasteiger partial charge in [0.2, 0.25) is 5.88 Å². The summed E-state index contributed by atoms with van der Waals surface area (Å²) >= 11 is 0. The van der Waals surface area contributed by atoms with Crippen molar-refractivity contribution in [3.63, 3.8) is 0 Å². The molecule has 1 aromatic carbocycles. The highest BCUT2D eigenvalue weighted by atomic mass is 16.5. The molecule has 1 aromatic heterocycles. The van der Waals surface area contributed by atoms with Crippen molar-refractivity contribution in [3.05, 3.63) is 70.4 Å². The van der Waals surface area contributed by atoms with Gasteiger partial charge in [-0.2, -0.15) is 0 Å². The van der Waals surface area contributed by atoms with Crippen LogP contribution >= 0.6 is 0 Å². The minimum Gasteiger partial charge on any atom is -0.481 e. The molecule has 0 radical (unpaired) electrons. The molecular formula is C18H15NO3. The molecule has 0 atom stereocenters. The van der Waals surface area contributed by atoms with E-state index in [0.29, 0.717) is 34.6 Å². The summed E-state index contributed by atoms with van der Waals surface area (Å²) in [5.41, 5.74) is 2.89. The van der Waals surface area contributed by atoms with Crippen molar-refractivity contribution in [1.29, 1.82) is 0 Å². The van der Waals surface area contributed by atoms with Crippen LogP contribution in [0.4, 0.5) is 0 Å². The summed E-state index contributed by atoms with van der Waals surface area (Å²) in [6.07, 6.45) is 2.05. The molecule has 0 spiro atoms. The van der Waals surface area contributed by atoms with Crippen LogP contribution in [0.5, 0.6) is 5.88 Å². The van der Waals surface area contributed by atoms with Gasteiger partial charge < -0.3 is 4.74 Å². The highest BCUT2D eigenvalue weighted by molar-refractivity contribution is 6.26.